The van der Waals surface area contributed by atoms with Crippen LogP contribution in [0, 0.1) is 0 Å². The first-order chi connectivity index (χ1) is 11.3. The van der Waals surface area contributed by atoms with Gasteiger partial charge in [-0.25, -0.2) is 0 Å². The lowest BCUT2D eigenvalue weighted by Gasteiger charge is -2.35. The number of amides is 1. The minimum absolute atomic E-state index is 0.00422. The fourth-order valence-electron chi connectivity index (χ4n) is 3.34. The molecule has 0 aliphatic carbocycles. The number of carbonyl (C=O) groups is 1. The summed E-state index contributed by atoms with van der Waals surface area (Å²) in [5.41, 5.74) is 1.98. The molecule has 1 unspecified atom stereocenters. The summed E-state index contributed by atoms with van der Waals surface area (Å²) in [5.74, 6) is -0.00422. The first-order valence-corrected chi connectivity index (χ1v) is 8.44. The number of carbonyl (C=O) groups excluding carboxylic acids is 1. The van der Waals surface area contributed by atoms with Crippen LogP contribution in [0.2, 0.25) is 0 Å². The Bertz CT molecular complexity index is 629. The van der Waals surface area contributed by atoms with Gasteiger partial charge in [-0.3, -0.25) is 9.69 Å². The molecule has 2 heterocycles. The fourth-order valence-corrected chi connectivity index (χ4v) is 3.34. The molecule has 4 heteroatoms. The molecular formula is C19H25N3O. The summed E-state index contributed by atoms with van der Waals surface area (Å²) in [6.07, 6.45) is 5.70. The van der Waals surface area contributed by atoms with E-state index in [1.807, 2.05) is 36.0 Å². The molecule has 1 aliphatic heterocycles. The Labute approximate surface area is 138 Å². The lowest BCUT2D eigenvalue weighted by molar-refractivity contribution is 0.0916. The number of hydrogen-bond acceptors (Lipinski definition) is 2. The van der Waals surface area contributed by atoms with Crippen molar-refractivity contribution in [2.45, 2.75) is 25.3 Å². The molecule has 1 N–H and O–H groups in total. The molecular weight excluding hydrogens is 286 g/mol. The van der Waals surface area contributed by atoms with E-state index in [1.54, 1.807) is 0 Å². The predicted octanol–water partition coefficient (Wildman–Crippen LogP) is 2.98. The van der Waals surface area contributed by atoms with Gasteiger partial charge < -0.3 is 9.88 Å². The molecule has 2 aromatic rings. The van der Waals surface area contributed by atoms with Crippen LogP contribution in [0.25, 0.3) is 0 Å². The van der Waals surface area contributed by atoms with Gasteiger partial charge in [-0.05, 0) is 43.6 Å². The quantitative estimate of drug-likeness (QED) is 0.922. The molecule has 1 atom stereocenters. The van der Waals surface area contributed by atoms with Gasteiger partial charge in [0.25, 0.3) is 5.91 Å². The number of rotatable bonds is 5. The maximum Gasteiger partial charge on any atom is 0.267 e. The van der Waals surface area contributed by atoms with Gasteiger partial charge in [0.1, 0.15) is 5.69 Å². The first kappa shape index (κ1) is 15.8. The van der Waals surface area contributed by atoms with E-state index in [2.05, 4.69) is 34.5 Å². The first-order valence-electron chi connectivity index (χ1n) is 8.44. The Balaban J connectivity index is 1.71. The van der Waals surface area contributed by atoms with Crippen LogP contribution in [-0.4, -0.2) is 35.0 Å². The molecule has 1 fully saturated rings. The second kappa shape index (κ2) is 7.47. The Morgan fingerprint density at radius 3 is 2.48 bits per heavy atom. The van der Waals surface area contributed by atoms with Crippen molar-refractivity contribution in [2.75, 3.05) is 19.6 Å². The second-order valence-electron chi connectivity index (χ2n) is 6.24. The van der Waals surface area contributed by atoms with Crippen molar-refractivity contribution in [1.29, 1.82) is 0 Å². The number of aromatic nitrogens is 1. The normalized spacial score (nSPS) is 16.9. The highest BCUT2D eigenvalue weighted by Crippen LogP contribution is 2.24. The van der Waals surface area contributed by atoms with Gasteiger partial charge in [0.2, 0.25) is 0 Å². The van der Waals surface area contributed by atoms with E-state index in [1.165, 1.54) is 24.8 Å². The summed E-state index contributed by atoms with van der Waals surface area (Å²) >= 11 is 0. The zero-order valence-corrected chi connectivity index (χ0v) is 13.7. The maximum atomic E-state index is 12.4. The summed E-state index contributed by atoms with van der Waals surface area (Å²) in [5, 5.41) is 3.12. The zero-order valence-electron chi connectivity index (χ0n) is 13.7. The highest BCUT2D eigenvalue weighted by atomic mass is 16.1. The predicted molar refractivity (Wildman–Crippen MR) is 92.4 cm³/mol. The lowest BCUT2D eigenvalue weighted by Crippen LogP contribution is -2.40. The molecule has 0 bridgehead atoms. The van der Waals surface area contributed by atoms with Gasteiger partial charge in [-0.2, -0.15) is 0 Å². The van der Waals surface area contributed by atoms with E-state index in [9.17, 15) is 4.79 Å². The Morgan fingerprint density at radius 2 is 1.83 bits per heavy atom. The van der Waals surface area contributed by atoms with Crippen molar-refractivity contribution in [3.63, 3.8) is 0 Å². The lowest BCUT2D eigenvalue weighted by atomic mass is 10.0. The molecule has 122 valence electrons. The van der Waals surface area contributed by atoms with Crippen LogP contribution in [0.4, 0.5) is 0 Å². The smallest absolute Gasteiger partial charge is 0.267 e. The summed E-state index contributed by atoms with van der Waals surface area (Å²) in [6, 6.07) is 14.5. The molecule has 3 rings (SSSR count). The maximum absolute atomic E-state index is 12.4. The second-order valence-corrected chi connectivity index (χ2v) is 6.24. The Hall–Kier alpha value is -2.07. The number of aryl methyl sites for hydroxylation is 1. The number of nitrogens with one attached hydrogen (secondary N) is 1. The third kappa shape index (κ3) is 3.82. The van der Waals surface area contributed by atoms with Crippen molar-refractivity contribution in [1.82, 2.24) is 14.8 Å². The van der Waals surface area contributed by atoms with E-state index in [0.29, 0.717) is 12.2 Å². The van der Waals surface area contributed by atoms with Crippen LogP contribution in [-0.2, 0) is 7.05 Å². The summed E-state index contributed by atoms with van der Waals surface area (Å²) in [6.45, 7) is 2.87. The Kier molecular flexibility index (Phi) is 5.13. The van der Waals surface area contributed by atoms with Crippen molar-refractivity contribution in [2.24, 2.45) is 7.05 Å². The number of hydrogen-bond donors (Lipinski definition) is 1. The molecule has 0 saturated carbocycles. The van der Waals surface area contributed by atoms with Gasteiger partial charge in [0.15, 0.2) is 0 Å². The monoisotopic (exact) mass is 311 g/mol. The van der Waals surface area contributed by atoms with Crippen molar-refractivity contribution in [3.8, 4) is 0 Å². The molecule has 1 aliphatic rings. The number of piperidine rings is 1. The molecule has 0 radical (unpaired) electrons. The van der Waals surface area contributed by atoms with Gasteiger partial charge in [0.05, 0.1) is 6.04 Å². The van der Waals surface area contributed by atoms with Gasteiger partial charge >= 0.3 is 0 Å². The average Bonchev–Trinajstić information content (AvgIpc) is 3.03. The number of nitrogens with zero attached hydrogens (tertiary/aromatic N) is 2. The van der Waals surface area contributed by atoms with Gasteiger partial charge in [0, 0.05) is 19.8 Å². The number of likely N-dealkylation sites (tertiary alicyclic amines) is 1. The van der Waals surface area contributed by atoms with Crippen LogP contribution >= 0.6 is 0 Å². The van der Waals surface area contributed by atoms with Crippen molar-refractivity contribution in [3.05, 3.63) is 59.9 Å². The molecule has 1 amide bonds. The third-order valence-electron chi connectivity index (χ3n) is 4.65. The molecule has 1 saturated heterocycles. The van der Waals surface area contributed by atoms with Crippen LogP contribution in [0.5, 0.6) is 0 Å². The minimum atomic E-state index is -0.00422. The van der Waals surface area contributed by atoms with Gasteiger partial charge in [-0.15, -0.1) is 0 Å². The average molecular weight is 311 g/mol. The van der Waals surface area contributed by atoms with E-state index in [4.69, 9.17) is 0 Å². The topological polar surface area (TPSA) is 37.3 Å². The largest absolute Gasteiger partial charge is 0.349 e. The molecule has 0 spiro atoms. The number of benzene rings is 1. The van der Waals surface area contributed by atoms with Crippen LogP contribution in [0.15, 0.2) is 48.7 Å². The SMILES string of the molecule is Cn1cccc1C(=O)NCC(c1ccccc1)N1CCCCC1. The summed E-state index contributed by atoms with van der Waals surface area (Å²) in [7, 11) is 1.90. The molecule has 1 aromatic heterocycles. The van der Waals surface area contributed by atoms with Crippen LogP contribution in [0.3, 0.4) is 0 Å². The summed E-state index contributed by atoms with van der Waals surface area (Å²) < 4.78 is 1.85. The molecule has 1 aromatic carbocycles. The minimum Gasteiger partial charge on any atom is -0.349 e. The highest BCUT2D eigenvalue weighted by Gasteiger charge is 2.23. The van der Waals surface area contributed by atoms with Crippen molar-refractivity contribution < 1.29 is 4.79 Å². The highest BCUT2D eigenvalue weighted by molar-refractivity contribution is 5.92. The van der Waals surface area contributed by atoms with E-state index >= 15 is 0 Å². The van der Waals surface area contributed by atoms with Crippen LogP contribution < -0.4 is 5.32 Å². The van der Waals surface area contributed by atoms with Gasteiger partial charge in [-0.1, -0.05) is 36.8 Å². The van der Waals surface area contributed by atoms with Crippen LogP contribution in [0.1, 0.15) is 41.4 Å². The standard InChI is InChI=1S/C19H25N3O/c1-21-12-8-11-17(21)19(23)20-15-18(16-9-4-2-5-10-16)22-13-6-3-7-14-22/h2,4-5,8-12,18H,3,6-7,13-15H2,1H3,(H,20,23). The fraction of sp³-hybridized carbons (Fsp3) is 0.421. The zero-order chi connectivity index (χ0) is 16.1. The van der Waals surface area contributed by atoms with E-state index in [-0.39, 0.29) is 11.9 Å². The Morgan fingerprint density at radius 1 is 1.09 bits per heavy atom. The third-order valence-corrected chi connectivity index (χ3v) is 4.65. The molecule has 4 nitrogen and oxygen atoms in total. The van der Waals surface area contributed by atoms with Crippen molar-refractivity contribution >= 4 is 5.91 Å². The van der Waals surface area contributed by atoms with E-state index < -0.39 is 0 Å². The van der Waals surface area contributed by atoms with E-state index in [0.717, 1.165) is 13.1 Å². The molecule has 23 heavy (non-hydrogen) atoms. The summed E-state index contributed by atoms with van der Waals surface area (Å²) in [4.78, 5) is 14.9.